The van der Waals surface area contributed by atoms with Crippen LogP contribution in [0.15, 0.2) is 94.9 Å². The molecule has 4 rings (SSSR count). The summed E-state index contributed by atoms with van der Waals surface area (Å²) in [6, 6.07) is 28.4. The van der Waals surface area contributed by atoms with Crippen LogP contribution >= 0.6 is 0 Å². The van der Waals surface area contributed by atoms with Gasteiger partial charge < -0.3 is 30.0 Å². The van der Waals surface area contributed by atoms with Crippen molar-refractivity contribution in [3.63, 3.8) is 0 Å². The second kappa shape index (κ2) is 21.1. The molecule has 0 aliphatic heterocycles. The first-order chi connectivity index (χ1) is 21.6. The van der Waals surface area contributed by atoms with Crippen molar-refractivity contribution in [2.75, 3.05) is 13.1 Å². The second-order valence-electron chi connectivity index (χ2n) is 9.99. The number of benzene rings is 4. The molecule has 0 saturated heterocycles. The summed E-state index contributed by atoms with van der Waals surface area (Å²) in [6.45, 7) is 7.23. The molecule has 2 N–H and O–H groups in total. The minimum Gasteiger partial charge on any atom is -0.550 e. The predicted molar refractivity (Wildman–Crippen MR) is 177 cm³/mol. The summed E-state index contributed by atoms with van der Waals surface area (Å²) < 4.78 is 0. The van der Waals surface area contributed by atoms with E-state index in [1.165, 1.54) is 0 Å². The molecule has 4 aromatic carbocycles. The van der Waals surface area contributed by atoms with Gasteiger partial charge in [0.1, 0.15) is 11.5 Å². The van der Waals surface area contributed by atoms with Crippen LogP contribution in [0.4, 0.5) is 0 Å². The van der Waals surface area contributed by atoms with E-state index in [1.54, 1.807) is 12.4 Å². The number of nitrogens with zero attached hydrogens (tertiary/aromatic N) is 2. The zero-order valence-corrected chi connectivity index (χ0v) is 27.6. The van der Waals surface area contributed by atoms with Crippen molar-refractivity contribution in [2.45, 2.75) is 47.0 Å². The Labute approximate surface area is 281 Å². The number of aliphatic carboxylic acids is 2. The van der Waals surface area contributed by atoms with Gasteiger partial charge in [-0.1, -0.05) is 74.5 Å². The van der Waals surface area contributed by atoms with Gasteiger partial charge in [-0.15, -0.1) is 0 Å². The van der Waals surface area contributed by atoms with Gasteiger partial charge in [0, 0.05) is 48.6 Å². The van der Waals surface area contributed by atoms with E-state index in [1.807, 2.05) is 74.5 Å². The molecule has 4 aromatic rings. The summed E-state index contributed by atoms with van der Waals surface area (Å²) in [4.78, 5) is 26.9. The van der Waals surface area contributed by atoms with Gasteiger partial charge in [0.05, 0.1) is 0 Å². The Bertz CT molecular complexity index is 1460. The van der Waals surface area contributed by atoms with E-state index in [4.69, 9.17) is 19.8 Å². The van der Waals surface area contributed by atoms with Gasteiger partial charge in [-0.05, 0) is 90.8 Å². The van der Waals surface area contributed by atoms with Crippen LogP contribution in [0.3, 0.4) is 0 Å². The van der Waals surface area contributed by atoms with Crippen molar-refractivity contribution in [1.29, 1.82) is 0 Å². The molecular formula is C37H40CoN2O6. The number of aliphatic imine (C=N–C) groups is 2. The molecule has 243 valence electrons. The van der Waals surface area contributed by atoms with E-state index >= 15 is 0 Å². The monoisotopic (exact) mass is 667 g/mol. The van der Waals surface area contributed by atoms with Gasteiger partial charge in [-0.3, -0.25) is 9.98 Å². The molecule has 0 aromatic heterocycles. The minimum atomic E-state index is -1.08. The van der Waals surface area contributed by atoms with E-state index in [0.717, 1.165) is 77.6 Å². The number of phenolic OH excluding ortho intramolecular Hbond substituents is 2. The number of carbonyl (C=O) groups is 2. The van der Waals surface area contributed by atoms with Crippen LogP contribution in [0.1, 0.15) is 56.4 Å². The Kier molecular flexibility index (Phi) is 18.0. The van der Waals surface area contributed by atoms with Crippen molar-refractivity contribution in [3.05, 3.63) is 107 Å². The number of phenols is 2. The van der Waals surface area contributed by atoms with Crippen molar-refractivity contribution < 1.29 is 46.8 Å². The Balaban J connectivity index is 0.00000106. The molecule has 0 fully saturated rings. The first kappa shape index (κ1) is 39.3. The Morgan fingerprint density at radius 1 is 0.630 bits per heavy atom. The number of carboxylic acids is 2. The standard InChI is InChI=1S/C33H34N2O2.2C2H4O2.Co/c1-3-24-18-28(26-12-7-5-8-13-26)20-30(32(24)36)22-34-16-11-17-35-23-31-21-29(19-25(4-2)33(31)37)27-14-9-6-10-15-27;2*1-2(3)4;/h5-10,12-15,18-23,36-37H,3-4,11,16-17H2,1-2H3;2*1H3,(H,3,4);/q;;;+2/p-2. The molecule has 0 amide bonds. The van der Waals surface area contributed by atoms with Gasteiger partial charge in [0.15, 0.2) is 0 Å². The average Bonchev–Trinajstić information content (AvgIpc) is 3.02. The molecule has 0 unspecified atom stereocenters. The minimum absolute atomic E-state index is 0. The zero-order valence-electron chi connectivity index (χ0n) is 26.5. The SMILES string of the molecule is CC(=O)[O-].CC(=O)[O-].CCc1cc(-c2ccccc2)cc(C=NCCCN=Cc2cc(-c3ccccc3)cc(CC)c2O)c1O.[Co+2]. The average molecular weight is 668 g/mol. The van der Waals surface area contributed by atoms with Crippen molar-refractivity contribution in [2.24, 2.45) is 9.98 Å². The summed E-state index contributed by atoms with van der Waals surface area (Å²) in [5.74, 6) is -1.58. The zero-order chi connectivity index (χ0) is 33.2. The fraction of sp³-hybridized carbons (Fsp3) is 0.243. The van der Waals surface area contributed by atoms with Gasteiger partial charge in [-0.25, -0.2) is 0 Å². The molecule has 0 heterocycles. The van der Waals surface area contributed by atoms with E-state index in [9.17, 15) is 10.2 Å². The molecule has 0 atom stereocenters. The van der Waals surface area contributed by atoms with Gasteiger partial charge in [0.2, 0.25) is 0 Å². The van der Waals surface area contributed by atoms with Crippen LogP contribution in [0.25, 0.3) is 22.3 Å². The first-order valence-electron chi connectivity index (χ1n) is 14.7. The molecule has 46 heavy (non-hydrogen) atoms. The number of hydrogen-bond donors (Lipinski definition) is 2. The topological polar surface area (TPSA) is 145 Å². The van der Waals surface area contributed by atoms with Gasteiger partial charge in [0.25, 0.3) is 0 Å². The number of rotatable bonds is 10. The number of aromatic hydroxyl groups is 2. The maximum Gasteiger partial charge on any atom is 2.00 e. The fourth-order valence-corrected chi connectivity index (χ4v) is 4.35. The Morgan fingerprint density at radius 3 is 1.26 bits per heavy atom. The molecule has 0 aliphatic carbocycles. The van der Waals surface area contributed by atoms with Crippen LogP contribution in [0.2, 0.25) is 0 Å². The van der Waals surface area contributed by atoms with Crippen molar-refractivity contribution in [3.8, 4) is 33.8 Å². The van der Waals surface area contributed by atoms with E-state index in [0.29, 0.717) is 24.6 Å². The maximum absolute atomic E-state index is 10.7. The van der Waals surface area contributed by atoms with Crippen LogP contribution in [-0.4, -0.2) is 47.7 Å². The van der Waals surface area contributed by atoms with Gasteiger partial charge in [-0.2, -0.15) is 0 Å². The Hall–Kier alpha value is -4.73. The maximum atomic E-state index is 10.7. The quantitative estimate of drug-likeness (QED) is 0.180. The van der Waals surface area contributed by atoms with Crippen LogP contribution in [0, 0.1) is 0 Å². The summed E-state index contributed by atoms with van der Waals surface area (Å²) in [5.41, 5.74) is 7.68. The first-order valence-corrected chi connectivity index (χ1v) is 14.7. The molecular weight excluding hydrogens is 627 g/mol. The second-order valence-corrected chi connectivity index (χ2v) is 9.99. The molecule has 0 spiro atoms. The molecule has 9 heteroatoms. The molecule has 8 nitrogen and oxygen atoms in total. The molecule has 0 bridgehead atoms. The molecule has 0 aliphatic rings. The van der Waals surface area contributed by atoms with Crippen molar-refractivity contribution >= 4 is 24.4 Å². The smallest absolute Gasteiger partial charge is 0.550 e. The third-order valence-electron chi connectivity index (χ3n) is 6.45. The number of carboxylic acid groups (broad SMARTS) is 2. The third kappa shape index (κ3) is 13.5. The van der Waals surface area contributed by atoms with Gasteiger partial charge >= 0.3 is 16.8 Å². The largest absolute Gasteiger partial charge is 2.00 e. The predicted octanol–water partition coefficient (Wildman–Crippen LogP) is 4.99. The summed E-state index contributed by atoms with van der Waals surface area (Å²) in [5, 5.41) is 39.1. The number of hydrogen-bond acceptors (Lipinski definition) is 8. The van der Waals surface area contributed by atoms with Crippen LogP contribution < -0.4 is 10.2 Å². The van der Waals surface area contributed by atoms with E-state index in [2.05, 4.69) is 34.3 Å². The third-order valence-corrected chi connectivity index (χ3v) is 6.45. The number of carbonyl (C=O) groups excluding carboxylic acids is 2. The number of aryl methyl sites for hydroxylation is 2. The summed E-state index contributed by atoms with van der Waals surface area (Å²) >= 11 is 0. The van der Waals surface area contributed by atoms with Crippen molar-refractivity contribution in [1.82, 2.24) is 0 Å². The van der Waals surface area contributed by atoms with Crippen LogP contribution in [0.5, 0.6) is 11.5 Å². The summed E-state index contributed by atoms with van der Waals surface area (Å²) in [7, 11) is 0. The fourth-order valence-electron chi connectivity index (χ4n) is 4.35. The Morgan fingerprint density at radius 2 is 0.957 bits per heavy atom. The van der Waals surface area contributed by atoms with E-state index < -0.39 is 11.9 Å². The normalized spacial score (nSPS) is 10.3. The van der Waals surface area contributed by atoms with Crippen LogP contribution in [-0.2, 0) is 39.2 Å². The molecule has 1 radical (unpaired) electrons. The molecule has 0 saturated carbocycles. The summed E-state index contributed by atoms with van der Waals surface area (Å²) in [6.07, 6.45) is 5.79. The van der Waals surface area contributed by atoms with E-state index in [-0.39, 0.29) is 16.8 Å².